The number of carboxylic acid groups (broad SMARTS) is 1. The Bertz CT molecular complexity index is 663. The molecule has 0 aliphatic heterocycles. The van der Waals surface area contributed by atoms with E-state index in [1.54, 1.807) is 36.4 Å². The van der Waals surface area contributed by atoms with Gasteiger partial charge in [-0.2, -0.15) is 0 Å². The number of rotatable bonds is 6. The van der Waals surface area contributed by atoms with Crippen LogP contribution in [0.15, 0.2) is 66.7 Å². The first kappa shape index (κ1) is 19.1. The monoisotopic (exact) mass is 328 g/mol. The first-order chi connectivity index (χ1) is 11.5. The van der Waals surface area contributed by atoms with Gasteiger partial charge in [0.25, 0.3) is 0 Å². The van der Waals surface area contributed by atoms with Gasteiger partial charge >= 0.3 is 5.97 Å². The summed E-state index contributed by atoms with van der Waals surface area (Å²) < 4.78 is 5.23. The Labute approximate surface area is 140 Å². The van der Waals surface area contributed by atoms with Crippen molar-refractivity contribution in [3.05, 3.63) is 77.9 Å². The fraction of sp³-hybridized carbons (Fsp3) is 0.158. The smallest absolute Gasteiger partial charge is 0.330 e. The fourth-order valence-electron chi connectivity index (χ4n) is 1.62. The number of aliphatic hydroxyl groups excluding tert-OH is 1. The van der Waals surface area contributed by atoms with Gasteiger partial charge < -0.3 is 14.9 Å². The molecule has 5 nitrogen and oxygen atoms in total. The van der Waals surface area contributed by atoms with Crippen LogP contribution >= 0.6 is 0 Å². The molecule has 2 aromatic carbocycles. The molecule has 0 atom stereocenters. The number of benzene rings is 2. The lowest BCUT2D eigenvalue weighted by Gasteiger charge is -2.05. The Kier molecular flexibility index (Phi) is 7.94. The topological polar surface area (TPSA) is 83.8 Å². The van der Waals surface area contributed by atoms with Crippen molar-refractivity contribution in [3.63, 3.8) is 0 Å². The van der Waals surface area contributed by atoms with E-state index in [2.05, 4.69) is 6.58 Å². The zero-order valence-corrected chi connectivity index (χ0v) is 13.4. The lowest BCUT2D eigenvalue weighted by atomic mass is 10.0. The molecule has 0 aliphatic carbocycles. The average molecular weight is 328 g/mol. The number of carboxylic acids is 1. The molecule has 5 heteroatoms. The molecular weight excluding hydrogens is 308 g/mol. The molecule has 0 bridgehead atoms. The van der Waals surface area contributed by atoms with E-state index < -0.39 is 5.97 Å². The van der Waals surface area contributed by atoms with E-state index >= 15 is 0 Å². The van der Waals surface area contributed by atoms with Crippen LogP contribution in [0.3, 0.4) is 0 Å². The van der Waals surface area contributed by atoms with E-state index in [1.165, 1.54) is 6.92 Å². The summed E-state index contributed by atoms with van der Waals surface area (Å²) in [6.45, 7) is 4.83. The number of ether oxygens (including phenoxy) is 1. The fourth-order valence-corrected chi connectivity index (χ4v) is 1.62. The maximum atomic E-state index is 12.1. The third kappa shape index (κ3) is 6.46. The second-order valence-electron chi connectivity index (χ2n) is 4.88. The van der Waals surface area contributed by atoms with Gasteiger partial charge in [0.15, 0.2) is 5.78 Å². The van der Waals surface area contributed by atoms with Crippen molar-refractivity contribution in [2.45, 2.75) is 6.92 Å². The van der Waals surface area contributed by atoms with Gasteiger partial charge in [-0.1, -0.05) is 36.9 Å². The minimum absolute atomic E-state index is 0.00990. The van der Waals surface area contributed by atoms with Crippen LogP contribution in [0.1, 0.15) is 22.8 Å². The van der Waals surface area contributed by atoms with Crippen LogP contribution in [0.4, 0.5) is 0 Å². The Hall–Kier alpha value is -2.92. The second kappa shape index (κ2) is 9.97. The van der Waals surface area contributed by atoms with E-state index in [1.807, 2.05) is 18.2 Å². The summed E-state index contributed by atoms with van der Waals surface area (Å²) in [6.07, 6.45) is 0. The number of aliphatic hydroxyl groups is 1. The number of hydrogen-bond acceptors (Lipinski definition) is 4. The van der Waals surface area contributed by atoms with Crippen molar-refractivity contribution in [1.82, 2.24) is 0 Å². The molecular formula is C19H20O5. The molecule has 24 heavy (non-hydrogen) atoms. The zero-order valence-electron chi connectivity index (χ0n) is 13.4. The first-order valence-electron chi connectivity index (χ1n) is 7.28. The number of hydrogen-bond donors (Lipinski definition) is 2. The largest absolute Gasteiger partial charge is 0.491 e. The molecule has 0 saturated heterocycles. The van der Waals surface area contributed by atoms with Crippen molar-refractivity contribution >= 4 is 11.8 Å². The Morgan fingerprint density at radius 2 is 1.50 bits per heavy atom. The lowest BCUT2D eigenvalue weighted by Crippen LogP contribution is -2.03. The SMILES string of the molecule is C=C(C)C(=O)O.O=C(c1ccccc1)c1ccc(OCCO)cc1. The van der Waals surface area contributed by atoms with Crippen LogP contribution in [-0.4, -0.2) is 35.2 Å². The molecule has 0 saturated carbocycles. The van der Waals surface area contributed by atoms with E-state index in [9.17, 15) is 9.59 Å². The summed E-state index contributed by atoms with van der Waals surface area (Å²) in [6, 6.07) is 16.0. The van der Waals surface area contributed by atoms with Crippen LogP contribution in [0.25, 0.3) is 0 Å². The summed E-state index contributed by atoms with van der Waals surface area (Å²) in [5.41, 5.74) is 1.47. The molecule has 2 aromatic rings. The molecule has 0 aromatic heterocycles. The van der Waals surface area contributed by atoms with Crippen molar-refractivity contribution < 1.29 is 24.5 Å². The van der Waals surface area contributed by atoms with Crippen LogP contribution in [0, 0.1) is 0 Å². The number of carbonyl (C=O) groups is 2. The lowest BCUT2D eigenvalue weighted by molar-refractivity contribution is -0.132. The molecule has 0 fully saturated rings. The van der Waals surface area contributed by atoms with Crippen LogP contribution in [0.5, 0.6) is 5.75 Å². The first-order valence-corrected chi connectivity index (χ1v) is 7.28. The highest BCUT2D eigenvalue weighted by molar-refractivity contribution is 6.08. The van der Waals surface area contributed by atoms with Crippen molar-refractivity contribution in [2.75, 3.05) is 13.2 Å². The Balaban J connectivity index is 0.000000413. The molecule has 0 aliphatic rings. The van der Waals surface area contributed by atoms with Crippen LogP contribution in [-0.2, 0) is 4.79 Å². The highest BCUT2D eigenvalue weighted by atomic mass is 16.5. The molecule has 0 radical (unpaired) electrons. The molecule has 0 heterocycles. The maximum absolute atomic E-state index is 12.1. The summed E-state index contributed by atoms with van der Waals surface area (Å²) in [4.78, 5) is 21.7. The zero-order chi connectivity index (χ0) is 17.9. The summed E-state index contributed by atoms with van der Waals surface area (Å²) in [5, 5.41) is 16.5. The van der Waals surface area contributed by atoms with Gasteiger partial charge in [-0.05, 0) is 31.2 Å². The molecule has 0 unspecified atom stereocenters. The average Bonchev–Trinajstić information content (AvgIpc) is 2.61. The summed E-state index contributed by atoms with van der Waals surface area (Å²) in [5.74, 6) is -0.298. The number of carbonyl (C=O) groups excluding carboxylic acids is 1. The molecule has 0 amide bonds. The van der Waals surface area contributed by atoms with Crippen molar-refractivity contribution in [2.24, 2.45) is 0 Å². The van der Waals surface area contributed by atoms with Crippen LogP contribution < -0.4 is 4.74 Å². The number of ketones is 1. The van der Waals surface area contributed by atoms with Gasteiger partial charge in [0, 0.05) is 16.7 Å². The van der Waals surface area contributed by atoms with Crippen molar-refractivity contribution in [3.8, 4) is 5.75 Å². The highest BCUT2D eigenvalue weighted by Gasteiger charge is 2.08. The quantitative estimate of drug-likeness (QED) is 0.629. The van der Waals surface area contributed by atoms with Gasteiger partial charge in [-0.15, -0.1) is 0 Å². The Morgan fingerprint density at radius 1 is 1.00 bits per heavy atom. The molecule has 126 valence electrons. The third-order valence-electron chi connectivity index (χ3n) is 2.88. The van der Waals surface area contributed by atoms with E-state index in [4.69, 9.17) is 14.9 Å². The van der Waals surface area contributed by atoms with E-state index in [0.717, 1.165) is 0 Å². The minimum atomic E-state index is -0.935. The predicted octanol–water partition coefficient (Wildman–Crippen LogP) is 2.94. The normalized spacial score (nSPS) is 9.42. The van der Waals surface area contributed by atoms with Gasteiger partial charge in [0.1, 0.15) is 12.4 Å². The van der Waals surface area contributed by atoms with E-state index in [0.29, 0.717) is 16.9 Å². The van der Waals surface area contributed by atoms with Gasteiger partial charge in [-0.25, -0.2) is 4.79 Å². The summed E-state index contributed by atoms with van der Waals surface area (Å²) in [7, 11) is 0. The third-order valence-corrected chi connectivity index (χ3v) is 2.88. The van der Waals surface area contributed by atoms with E-state index in [-0.39, 0.29) is 24.6 Å². The van der Waals surface area contributed by atoms with Gasteiger partial charge in [0.05, 0.1) is 6.61 Å². The summed E-state index contributed by atoms with van der Waals surface area (Å²) >= 11 is 0. The Morgan fingerprint density at radius 3 is 1.96 bits per heavy atom. The molecule has 2 rings (SSSR count). The maximum Gasteiger partial charge on any atom is 0.330 e. The second-order valence-corrected chi connectivity index (χ2v) is 4.88. The van der Waals surface area contributed by atoms with Crippen molar-refractivity contribution in [1.29, 1.82) is 0 Å². The van der Waals surface area contributed by atoms with Gasteiger partial charge in [-0.3, -0.25) is 4.79 Å². The predicted molar refractivity (Wildman–Crippen MR) is 91.3 cm³/mol. The number of aliphatic carboxylic acids is 1. The molecule has 0 spiro atoms. The molecule has 2 N–H and O–H groups in total. The highest BCUT2D eigenvalue weighted by Crippen LogP contribution is 2.15. The van der Waals surface area contributed by atoms with Gasteiger partial charge in [0.2, 0.25) is 0 Å². The minimum Gasteiger partial charge on any atom is -0.491 e. The standard InChI is InChI=1S/C15H14O3.C4H6O2/c16-10-11-18-14-8-6-13(7-9-14)15(17)12-4-2-1-3-5-12;1-3(2)4(5)6/h1-9,16H,10-11H2;1H2,2H3,(H,5,6). The van der Waals surface area contributed by atoms with Crippen LogP contribution in [0.2, 0.25) is 0 Å².